The molecule has 0 fully saturated rings. The van der Waals surface area contributed by atoms with Crippen LogP contribution in [-0.4, -0.2) is 14.7 Å². The number of rotatable bonds is 1. The topological polar surface area (TPSA) is 61.8 Å². The first-order chi connectivity index (χ1) is 12.3. The van der Waals surface area contributed by atoms with Gasteiger partial charge in [-0.2, -0.15) is 5.26 Å². The lowest BCUT2D eigenvalue weighted by molar-refractivity contribution is 0.0720. The molecule has 0 saturated carbocycles. The third-order valence-corrected chi connectivity index (χ3v) is 5.67. The highest BCUT2D eigenvalue weighted by Crippen LogP contribution is 2.49. The van der Waals surface area contributed by atoms with Crippen molar-refractivity contribution in [2.24, 2.45) is 5.92 Å². The molecule has 3 aromatic rings. The normalized spacial score (nSPS) is 23.4. The van der Waals surface area contributed by atoms with Gasteiger partial charge in [0, 0.05) is 11.5 Å². The summed E-state index contributed by atoms with van der Waals surface area (Å²) in [6.07, 6.45) is 5.01. The van der Waals surface area contributed by atoms with Gasteiger partial charge in [0.05, 0.1) is 42.0 Å². The van der Waals surface area contributed by atoms with Gasteiger partial charge >= 0.3 is 0 Å². The van der Waals surface area contributed by atoms with Crippen LogP contribution in [0.5, 0.6) is 0 Å². The van der Waals surface area contributed by atoms with E-state index in [0.29, 0.717) is 5.56 Å². The summed E-state index contributed by atoms with van der Waals surface area (Å²) in [5, 5.41) is 20.2. The third-order valence-electron chi connectivity index (χ3n) is 5.67. The van der Waals surface area contributed by atoms with E-state index in [9.17, 15) is 5.11 Å². The number of hydrogen-bond acceptors (Lipinski definition) is 3. The van der Waals surface area contributed by atoms with Gasteiger partial charge in [0.25, 0.3) is 0 Å². The third kappa shape index (κ3) is 2.00. The first-order valence-electron chi connectivity index (χ1n) is 8.60. The van der Waals surface area contributed by atoms with Gasteiger partial charge < -0.3 is 9.67 Å². The van der Waals surface area contributed by atoms with Crippen LogP contribution in [0.1, 0.15) is 40.8 Å². The number of nitriles is 1. The number of hydrogen-bond donors (Lipinski definition) is 1. The summed E-state index contributed by atoms with van der Waals surface area (Å²) in [7, 11) is 0. The number of aliphatic hydroxyl groups excluding tert-OH is 1. The van der Waals surface area contributed by atoms with Crippen molar-refractivity contribution in [2.45, 2.75) is 25.0 Å². The Morgan fingerprint density at radius 1 is 1.16 bits per heavy atom. The average molecular weight is 327 g/mol. The van der Waals surface area contributed by atoms with Gasteiger partial charge in [0.2, 0.25) is 0 Å². The molecule has 1 unspecified atom stereocenters. The van der Waals surface area contributed by atoms with E-state index in [1.807, 2.05) is 24.7 Å². The van der Waals surface area contributed by atoms with Gasteiger partial charge in [0.15, 0.2) is 0 Å². The zero-order chi connectivity index (χ0) is 17.0. The smallest absolute Gasteiger partial charge is 0.0991 e. The minimum Gasteiger partial charge on any atom is -0.388 e. The maximum atomic E-state index is 11.1. The molecule has 0 spiro atoms. The summed E-state index contributed by atoms with van der Waals surface area (Å²) < 4.78 is 2.20. The average Bonchev–Trinajstić information content (AvgIpc) is 3.23. The molecule has 2 aliphatic rings. The first-order valence-corrected chi connectivity index (χ1v) is 8.60. The highest BCUT2D eigenvalue weighted by atomic mass is 16.3. The molecule has 0 saturated heterocycles. The molecule has 25 heavy (non-hydrogen) atoms. The minimum absolute atomic E-state index is 0.0945. The monoisotopic (exact) mass is 327 g/mol. The molecular formula is C21H17N3O. The second-order valence-corrected chi connectivity index (χ2v) is 6.89. The van der Waals surface area contributed by atoms with Crippen LogP contribution in [0, 0.1) is 17.2 Å². The summed E-state index contributed by atoms with van der Waals surface area (Å²) >= 11 is 0. The van der Waals surface area contributed by atoms with Gasteiger partial charge in [-0.25, -0.2) is 4.98 Å². The maximum absolute atomic E-state index is 11.1. The highest BCUT2D eigenvalue weighted by Gasteiger charge is 2.40. The Morgan fingerprint density at radius 2 is 2.04 bits per heavy atom. The van der Waals surface area contributed by atoms with Gasteiger partial charge in [-0.05, 0) is 41.7 Å². The molecule has 0 radical (unpaired) electrons. The van der Waals surface area contributed by atoms with Crippen LogP contribution in [0.2, 0.25) is 0 Å². The molecule has 1 aromatic heterocycles. The lowest BCUT2D eigenvalue weighted by Gasteiger charge is -2.35. The fourth-order valence-corrected chi connectivity index (χ4v) is 4.53. The summed E-state index contributed by atoms with van der Waals surface area (Å²) in [5.41, 5.74) is 6.32. The maximum Gasteiger partial charge on any atom is 0.0991 e. The lowest BCUT2D eigenvalue weighted by Crippen LogP contribution is -2.28. The van der Waals surface area contributed by atoms with Crippen molar-refractivity contribution in [1.82, 2.24) is 9.55 Å². The molecular weight excluding hydrogens is 310 g/mol. The first kappa shape index (κ1) is 14.4. The predicted molar refractivity (Wildman–Crippen MR) is 93.7 cm³/mol. The predicted octanol–water partition coefficient (Wildman–Crippen LogP) is 3.62. The molecule has 5 rings (SSSR count). The van der Waals surface area contributed by atoms with E-state index < -0.39 is 6.10 Å². The number of aliphatic hydroxyl groups is 1. The molecule has 1 N–H and O–H groups in total. The van der Waals surface area contributed by atoms with Gasteiger partial charge in [-0.15, -0.1) is 0 Å². The fraction of sp³-hybridized carbons (Fsp3) is 0.238. The van der Waals surface area contributed by atoms with Crippen molar-refractivity contribution in [2.75, 3.05) is 0 Å². The largest absolute Gasteiger partial charge is 0.388 e. The van der Waals surface area contributed by atoms with Crippen LogP contribution in [-0.2, 0) is 6.42 Å². The van der Waals surface area contributed by atoms with E-state index in [4.69, 9.17) is 5.26 Å². The van der Waals surface area contributed by atoms with Crippen LogP contribution >= 0.6 is 0 Å². The molecule has 2 heterocycles. The Bertz CT molecular complexity index is 1010. The molecule has 3 atom stereocenters. The molecule has 1 aliphatic carbocycles. The van der Waals surface area contributed by atoms with Crippen LogP contribution in [0.15, 0.2) is 55.0 Å². The highest BCUT2D eigenvalue weighted by molar-refractivity contribution is 5.69. The van der Waals surface area contributed by atoms with E-state index in [0.717, 1.165) is 29.7 Å². The van der Waals surface area contributed by atoms with E-state index in [-0.39, 0.29) is 12.0 Å². The molecule has 2 aromatic carbocycles. The molecule has 4 nitrogen and oxygen atoms in total. The lowest BCUT2D eigenvalue weighted by atomic mass is 9.75. The van der Waals surface area contributed by atoms with Crippen molar-refractivity contribution in [3.8, 4) is 17.3 Å². The van der Waals surface area contributed by atoms with Crippen LogP contribution in [0.3, 0.4) is 0 Å². The molecule has 0 amide bonds. The molecule has 122 valence electrons. The van der Waals surface area contributed by atoms with Gasteiger partial charge in [-0.1, -0.05) is 30.3 Å². The Morgan fingerprint density at radius 3 is 2.92 bits per heavy atom. The van der Waals surface area contributed by atoms with Crippen LogP contribution in [0.4, 0.5) is 0 Å². The Kier molecular flexibility index (Phi) is 3.06. The zero-order valence-electron chi connectivity index (χ0n) is 13.6. The van der Waals surface area contributed by atoms with Crippen LogP contribution < -0.4 is 0 Å². The molecule has 1 aliphatic heterocycles. The number of imidazole rings is 1. The van der Waals surface area contributed by atoms with E-state index in [1.165, 1.54) is 11.1 Å². The van der Waals surface area contributed by atoms with Crippen molar-refractivity contribution < 1.29 is 5.11 Å². The van der Waals surface area contributed by atoms with Crippen molar-refractivity contribution >= 4 is 0 Å². The van der Waals surface area contributed by atoms with Gasteiger partial charge in [0.1, 0.15) is 0 Å². The fourth-order valence-electron chi connectivity index (χ4n) is 4.53. The second-order valence-electron chi connectivity index (χ2n) is 6.89. The minimum atomic E-state index is -0.539. The number of benzene rings is 2. The standard InChI is InChI=1S/C21H17N3O/c22-10-13-5-7-15-14(9-13)6-8-18(21(15)25)20-17-4-2-1-3-16(17)19-11-23-12-24(19)20/h1-5,7,9,11-12,18,20-21,25H,6,8H2/t18-,20?,21-/m0/s1. The van der Waals surface area contributed by atoms with E-state index >= 15 is 0 Å². The van der Waals surface area contributed by atoms with Crippen LogP contribution in [0.25, 0.3) is 11.3 Å². The zero-order valence-corrected chi connectivity index (χ0v) is 13.6. The summed E-state index contributed by atoms with van der Waals surface area (Å²) in [4.78, 5) is 4.33. The SMILES string of the molecule is N#Cc1ccc2c(c1)CC[C@@H](C1c3ccccc3-c3cncn31)[C@H]2O. The number of nitrogens with zero attached hydrogens (tertiary/aromatic N) is 3. The Balaban J connectivity index is 1.60. The molecule has 0 bridgehead atoms. The summed E-state index contributed by atoms with van der Waals surface area (Å²) in [6.45, 7) is 0. The van der Waals surface area contributed by atoms with E-state index in [2.05, 4.69) is 39.9 Å². The van der Waals surface area contributed by atoms with Crippen molar-refractivity contribution in [3.63, 3.8) is 0 Å². The van der Waals surface area contributed by atoms with E-state index in [1.54, 1.807) is 6.07 Å². The van der Waals surface area contributed by atoms with Gasteiger partial charge in [-0.3, -0.25) is 0 Å². The summed E-state index contributed by atoms with van der Waals surface area (Å²) in [5.74, 6) is 0.0945. The summed E-state index contributed by atoms with van der Waals surface area (Å²) in [6, 6.07) is 16.3. The van der Waals surface area contributed by atoms with Crippen molar-refractivity contribution in [1.29, 1.82) is 5.26 Å². The number of fused-ring (bicyclic) bond motifs is 4. The quantitative estimate of drug-likeness (QED) is 0.742. The number of aryl methyl sites for hydroxylation is 1. The van der Waals surface area contributed by atoms with Crippen molar-refractivity contribution in [3.05, 3.63) is 77.2 Å². The number of aromatic nitrogens is 2. The Hall–Kier alpha value is -2.90. The molecule has 4 heteroatoms. The Labute approximate surface area is 146 Å². The second kappa shape index (κ2) is 5.30.